The first-order valence-corrected chi connectivity index (χ1v) is 10.3. The zero-order valence-corrected chi connectivity index (χ0v) is 18.9. The fourth-order valence-electron chi connectivity index (χ4n) is 3.81. The number of carbonyl (C=O) groups excluding carboxylic acids is 3. The van der Waals surface area contributed by atoms with Gasteiger partial charge in [0.05, 0.1) is 12.6 Å². The number of rotatable bonds is 9. The minimum absolute atomic E-state index is 0.00244. The van der Waals surface area contributed by atoms with Gasteiger partial charge in [0.25, 0.3) is 0 Å². The highest BCUT2D eigenvalue weighted by Crippen LogP contribution is 2.24. The van der Waals surface area contributed by atoms with E-state index in [1.54, 1.807) is 43.5 Å². The van der Waals surface area contributed by atoms with Crippen LogP contribution in [0.3, 0.4) is 0 Å². The molecule has 3 rings (SSSR count). The highest BCUT2D eigenvalue weighted by Gasteiger charge is 2.21. The maximum Gasteiger partial charge on any atom is 0.374 e. The number of furan rings is 1. The lowest BCUT2D eigenvalue weighted by atomic mass is 10.1. The second-order valence-corrected chi connectivity index (χ2v) is 7.76. The molecule has 0 N–H and O–H groups in total. The van der Waals surface area contributed by atoms with Gasteiger partial charge in [-0.1, -0.05) is 24.3 Å². The Balaban J connectivity index is 1.66. The molecule has 0 bridgehead atoms. The van der Waals surface area contributed by atoms with Gasteiger partial charge in [0.2, 0.25) is 11.5 Å². The third-order valence-electron chi connectivity index (χ3n) is 5.35. The van der Waals surface area contributed by atoms with Gasteiger partial charge in [0.1, 0.15) is 5.76 Å². The SMILES string of the molecule is COCC(C)n1c(C)cc(C(=O)COC(=O)c2ccc(-c3ccc(C(C)=O)cc3)o2)c1C. The summed E-state index contributed by atoms with van der Waals surface area (Å²) in [5, 5.41) is 0. The van der Waals surface area contributed by atoms with E-state index in [9.17, 15) is 14.4 Å². The van der Waals surface area contributed by atoms with E-state index in [0.29, 0.717) is 23.5 Å². The molecule has 0 amide bonds. The molecule has 1 unspecified atom stereocenters. The largest absolute Gasteiger partial charge is 0.451 e. The van der Waals surface area contributed by atoms with Crippen molar-refractivity contribution in [2.45, 2.75) is 33.7 Å². The maximum atomic E-state index is 12.7. The molecule has 7 nitrogen and oxygen atoms in total. The van der Waals surface area contributed by atoms with Gasteiger partial charge in [-0.3, -0.25) is 9.59 Å². The van der Waals surface area contributed by atoms with E-state index in [0.717, 1.165) is 17.0 Å². The van der Waals surface area contributed by atoms with Crippen LogP contribution in [-0.2, 0) is 9.47 Å². The molecule has 32 heavy (non-hydrogen) atoms. The number of ether oxygens (including phenoxy) is 2. The first kappa shape index (κ1) is 23.2. The van der Waals surface area contributed by atoms with Crippen LogP contribution in [0.2, 0.25) is 0 Å². The second kappa shape index (κ2) is 9.78. The smallest absolute Gasteiger partial charge is 0.374 e. The van der Waals surface area contributed by atoms with Crippen molar-refractivity contribution in [3.63, 3.8) is 0 Å². The van der Waals surface area contributed by atoms with Crippen LogP contribution in [0.15, 0.2) is 46.9 Å². The maximum absolute atomic E-state index is 12.7. The van der Waals surface area contributed by atoms with Crippen molar-refractivity contribution in [3.05, 3.63) is 70.7 Å². The lowest BCUT2D eigenvalue weighted by Crippen LogP contribution is -2.16. The summed E-state index contributed by atoms with van der Waals surface area (Å²) < 4.78 is 18.0. The van der Waals surface area contributed by atoms with Crippen LogP contribution in [0.4, 0.5) is 0 Å². The minimum Gasteiger partial charge on any atom is -0.451 e. The lowest BCUT2D eigenvalue weighted by molar-refractivity contribution is 0.0444. The first-order chi connectivity index (χ1) is 15.2. The molecular formula is C25H27NO6. The number of aryl methyl sites for hydroxylation is 1. The average molecular weight is 437 g/mol. The molecular weight excluding hydrogens is 410 g/mol. The summed E-state index contributed by atoms with van der Waals surface area (Å²) in [6, 6.07) is 11.9. The standard InChI is InChI=1S/C25H27NO6/c1-15-12-21(17(3)26(15)16(2)13-30-5)22(28)14-31-25(29)24-11-10-23(32-24)20-8-6-19(7-9-20)18(4)27/h6-12,16H,13-14H2,1-5H3. The fourth-order valence-corrected chi connectivity index (χ4v) is 3.81. The van der Waals surface area contributed by atoms with Gasteiger partial charge in [-0.2, -0.15) is 0 Å². The molecule has 0 aliphatic heterocycles. The van der Waals surface area contributed by atoms with E-state index < -0.39 is 5.97 Å². The number of hydrogen-bond acceptors (Lipinski definition) is 6. The summed E-state index contributed by atoms with van der Waals surface area (Å²) in [4.78, 5) is 36.5. The normalized spacial score (nSPS) is 11.9. The zero-order chi connectivity index (χ0) is 23.4. The Hall–Kier alpha value is -3.45. The Morgan fingerprint density at radius 1 is 1.06 bits per heavy atom. The second-order valence-electron chi connectivity index (χ2n) is 7.76. The Labute approximate surface area is 186 Å². The third kappa shape index (κ3) is 4.89. The Morgan fingerprint density at radius 3 is 2.38 bits per heavy atom. The van der Waals surface area contributed by atoms with Crippen LogP contribution in [0.1, 0.15) is 62.5 Å². The Kier molecular flexibility index (Phi) is 7.10. The van der Waals surface area contributed by atoms with Gasteiger partial charge in [-0.25, -0.2) is 4.79 Å². The Bertz CT molecular complexity index is 1140. The fraction of sp³-hybridized carbons (Fsp3) is 0.320. The van der Waals surface area contributed by atoms with E-state index in [2.05, 4.69) is 0 Å². The van der Waals surface area contributed by atoms with Gasteiger partial charge >= 0.3 is 5.97 Å². The quantitative estimate of drug-likeness (QED) is 0.352. The zero-order valence-electron chi connectivity index (χ0n) is 18.9. The third-order valence-corrected chi connectivity index (χ3v) is 5.35. The van der Waals surface area contributed by atoms with Crippen molar-refractivity contribution in [1.29, 1.82) is 0 Å². The summed E-state index contributed by atoms with van der Waals surface area (Å²) in [7, 11) is 1.64. The topological polar surface area (TPSA) is 87.7 Å². The molecule has 0 saturated carbocycles. The number of nitrogens with zero attached hydrogens (tertiary/aromatic N) is 1. The van der Waals surface area contributed by atoms with E-state index in [1.165, 1.54) is 13.0 Å². The van der Waals surface area contributed by atoms with Gasteiger partial charge in [0, 0.05) is 35.2 Å². The molecule has 168 valence electrons. The van der Waals surface area contributed by atoms with Crippen molar-refractivity contribution in [2.75, 3.05) is 20.3 Å². The molecule has 0 spiro atoms. The van der Waals surface area contributed by atoms with Crippen LogP contribution in [-0.4, -0.2) is 42.4 Å². The molecule has 0 saturated heterocycles. The highest BCUT2D eigenvalue weighted by atomic mass is 16.5. The van der Waals surface area contributed by atoms with Crippen molar-refractivity contribution in [3.8, 4) is 11.3 Å². The predicted octanol–water partition coefficient (Wildman–Crippen LogP) is 4.81. The summed E-state index contributed by atoms with van der Waals surface area (Å²) in [6.45, 7) is 7.44. The van der Waals surface area contributed by atoms with E-state index in [1.807, 2.05) is 25.3 Å². The number of methoxy groups -OCH3 is 1. The summed E-state index contributed by atoms with van der Waals surface area (Å²) in [6.07, 6.45) is 0. The van der Waals surface area contributed by atoms with Crippen LogP contribution in [0, 0.1) is 13.8 Å². The number of aromatic nitrogens is 1. The molecule has 1 atom stereocenters. The van der Waals surface area contributed by atoms with Gasteiger partial charge in [-0.05, 0) is 45.9 Å². The highest BCUT2D eigenvalue weighted by molar-refractivity contribution is 6.00. The molecule has 2 aromatic heterocycles. The molecule has 0 fully saturated rings. The molecule has 3 aromatic rings. The number of esters is 1. The summed E-state index contributed by atoms with van der Waals surface area (Å²) >= 11 is 0. The van der Waals surface area contributed by atoms with Crippen molar-refractivity contribution in [1.82, 2.24) is 4.57 Å². The predicted molar refractivity (Wildman–Crippen MR) is 119 cm³/mol. The van der Waals surface area contributed by atoms with Crippen LogP contribution in [0.25, 0.3) is 11.3 Å². The molecule has 0 aliphatic carbocycles. The van der Waals surface area contributed by atoms with Crippen LogP contribution in [0.5, 0.6) is 0 Å². The number of Topliss-reactive ketones (excluding diaryl/α,β-unsaturated/α-hetero) is 2. The van der Waals surface area contributed by atoms with E-state index in [4.69, 9.17) is 13.9 Å². The molecule has 0 aliphatic rings. The van der Waals surface area contributed by atoms with Crippen molar-refractivity contribution in [2.24, 2.45) is 0 Å². The minimum atomic E-state index is -0.716. The van der Waals surface area contributed by atoms with E-state index in [-0.39, 0.29) is 30.0 Å². The molecule has 2 heterocycles. The van der Waals surface area contributed by atoms with Crippen molar-refractivity contribution >= 4 is 17.5 Å². The average Bonchev–Trinajstić information content (AvgIpc) is 3.37. The van der Waals surface area contributed by atoms with E-state index >= 15 is 0 Å². The number of benzene rings is 1. The van der Waals surface area contributed by atoms with Crippen LogP contribution >= 0.6 is 0 Å². The number of ketones is 2. The van der Waals surface area contributed by atoms with Gasteiger partial charge in [-0.15, -0.1) is 0 Å². The first-order valence-electron chi connectivity index (χ1n) is 10.3. The Morgan fingerprint density at radius 2 is 1.75 bits per heavy atom. The van der Waals surface area contributed by atoms with Gasteiger partial charge < -0.3 is 18.5 Å². The number of hydrogen-bond donors (Lipinski definition) is 0. The number of carbonyl (C=O) groups is 3. The molecule has 0 radical (unpaired) electrons. The summed E-state index contributed by atoms with van der Waals surface area (Å²) in [5.74, 6) is -0.559. The lowest BCUT2D eigenvalue weighted by Gasteiger charge is -2.17. The molecule has 1 aromatic carbocycles. The van der Waals surface area contributed by atoms with Crippen molar-refractivity contribution < 1.29 is 28.3 Å². The summed E-state index contributed by atoms with van der Waals surface area (Å²) in [5.41, 5.74) is 3.58. The molecule has 7 heteroatoms. The van der Waals surface area contributed by atoms with Crippen LogP contribution < -0.4 is 0 Å². The monoisotopic (exact) mass is 437 g/mol. The van der Waals surface area contributed by atoms with Gasteiger partial charge in [0.15, 0.2) is 12.4 Å².